The number of aryl methyl sites for hydroxylation is 1. The minimum absolute atomic E-state index is 0.0208. The van der Waals surface area contributed by atoms with Gasteiger partial charge in [0, 0.05) is 47.4 Å². The Balaban J connectivity index is 1.45. The molecule has 1 aliphatic carbocycles. The van der Waals surface area contributed by atoms with E-state index in [2.05, 4.69) is 20.7 Å². The zero-order valence-corrected chi connectivity index (χ0v) is 23.1. The lowest BCUT2D eigenvalue weighted by atomic mass is 10.1. The van der Waals surface area contributed by atoms with Gasteiger partial charge in [0.1, 0.15) is 29.4 Å². The number of alkyl halides is 2. The van der Waals surface area contributed by atoms with E-state index in [1.165, 1.54) is 19.2 Å². The lowest BCUT2D eigenvalue weighted by Crippen LogP contribution is -2.28. The highest BCUT2D eigenvalue weighted by Gasteiger charge is 2.29. The van der Waals surface area contributed by atoms with Crippen LogP contribution < -0.4 is 24.8 Å². The number of halogens is 2. The summed E-state index contributed by atoms with van der Waals surface area (Å²) in [5.41, 5.74) is 2.43. The molecule has 1 fully saturated rings. The van der Waals surface area contributed by atoms with Gasteiger partial charge in [-0.15, -0.1) is 0 Å². The second kappa shape index (κ2) is 11.2. The molecule has 1 amide bonds. The van der Waals surface area contributed by atoms with Gasteiger partial charge in [-0.3, -0.25) is 9.78 Å². The van der Waals surface area contributed by atoms with Crippen molar-refractivity contribution in [1.29, 1.82) is 0 Å². The molecule has 0 radical (unpaired) electrons. The highest BCUT2D eigenvalue weighted by Crippen LogP contribution is 2.36. The minimum atomic E-state index is -3.13. The highest BCUT2D eigenvalue weighted by atomic mass is 19.3. The van der Waals surface area contributed by atoms with E-state index < -0.39 is 18.1 Å². The second-order valence-electron chi connectivity index (χ2n) is 10.5. The van der Waals surface area contributed by atoms with Crippen molar-refractivity contribution in [3.63, 3.8) is 0 Å². The van der Waals surface area contributed by atoms with E-state index in [1.807, 2.05) is 25.1 Å². The Morgan fingerprint density at radius 1 is 1.17 bits per heavy atom. The molecule has 0 bridgehead atoms. The van der Waals surface area contributed by atoms with Crippen LogP contribution in [0.3, 0.4) is 0 Å². The summed E-state index contributed by atoms with van der Waals surface area (Å²) in [6.45, 7) is 2.16. The average molecular weight is 568 g/mol. The quantitative estimate of drug-likeness (QED) is 0.229. The normalized spacial score (nSPS) is 13.4. The Morgan fingerprint density at radius 3 is 2.61 bits per heavy atom. The fourth-order valence-corrected chi connectivity index (χ4v) is 4.23. The minimum Gasteiger partial charge on any atom is -0.496 e. The molecule has 0 unspecified atom stereocenters. The number of anilines is 2. The summed E-state index contributed by atoms with van der Waals surface area (Å²) in [6, 6.07) is 10.3. The summed E-state index contributed by atoms with van der Waals surface area (Å²) >= 11 is 0. The van der Waals surface area contributed by atoms with E-state index in [4.69, 9.17) is 14.2 Å². The number of carbonyl (C=O) groups is 1. The third-order valence-corrected chi connectivity index (χ3v) is 6.27. The topological polar surface area (TPSA) is 119 Å². The van der Waals surface area contributed by atoms with Crippen LogP contribution in [0.1, 0.15) is 42.7 Å². The molecule has 5 rings (SSSR count). The van der Waals surface area contributed by atoms with Gasteiger partial charge >= 0.3 is 6.61 Å². The van der Waals surface area contributed by atoms with E-state index in [0.717, 1.165) is 35.2 Å². The summed E-state index contributed by atoms with van der Waals surface area (Å²) in [7, 11) is 1.35. The van der Waals surface area contributed by atoms with Crippen LogP contribution in [0.4, 0.5) is 20.3 Å². The Hall–Kier alpha value is -4.45. The predicted octanol–water partition coefficient (Wildman–Crippen LogP) is 5.10. The lowest BCUT2D eigenvalue weighted by molar-refractivity contribution is -0.0502. The van der Waals surface area contributed by atoms with Crippen molar-refractivity contribution in [1.82, 2.24) is 19.9 Å². The van der Waals surface area contributed by atoms with Gasteiger partial charge in [-0.25, -0.2) is 4.52 Å². The molecule has 12 heteroatoms. The van der Waals surface area contributed by atoms with Crippen molar-refractivity contribution in [2.75, 3.05) is 19.0 Å². The van der Waals surface area contributed by atoms with E-state index in [-0.39, 0.29) is 29.7 Å². The number of amides is 1. The number of hydrogen-bond acceptors (Lipinski definition) is 8. The van der Waals surface area contributed by atoms with Crippen molar-refractivity contribution in [3.8, 4) is 28.4 Å². The lowest BCUT2D eigenvalue weighted by Gasteiger charge is -2.19. The monoisotopic (exact) mass is 567 g/mol. The van der Waals surface area contributed by atoms with E-state index in [0.29, 0.717) is 17.3 Å². The molecule has 10 nitrogen and oxygen atoms in total. The van der Waals surface area contributed by atoms with Crippen molar-refractivity contribution < 1.29 is 32.9 Å². The van der Waals surface area contributed by atoms with Gasteiger partial charge < -0.3 is 30.0 Å². The molecule has 1 saturated carbocycles. The first kappa shape index (κ1) is 28.1. The van der Waals surface area contributed by atoms with Gasteiger partial charge in [-0.1, -0.05) is 0 Å². The third-order valence-electron chi connectivity index (χ3n) is 6.27. The van der Waals surface area contributed by atoms with E-state index >= 15 is 0 Å². The standard InChI is InChI=1S/C29H31F2N5O5/c1-16-9-21(24(14-32-16)40-15-29(2,3)38)17-7-8-36-20(10-17)13-25(35-36)33-19-11-22(39-4)26(23(12-19)41-28(30)31)27(37)34-18-5-6-18/h7-14,18,28,38H,5-6,15H2,1-4H3,(H,33,35)(H,34,37). The number of nitrogens with one attached hydrogen (secondary N) is 2. The van der Waals surface area contributed by atoms with E-state index in [9.17, 15) is 18.7 Å². The van der Waals surface area contributed by atoms with Crippen LogP contribution in [0.2, 0.25) is 0 Å². The van der Waals surface area contributed by atoms with Crippen LogP contribution in [0.5, 0.6) is 17.2 Å². The molecular formula is C29H31F2N5O5. The summed E-state index contributed by atoms with van der Waals surface area (Å²) < 4.78 is 44.1. The maximum atomic E-state index is 13.3. The Labute approximate surface area is 235 Å². The molecule has 1 aliphatic rings. The maximum absolute atomic E-state index is 13.3. The largest absolute Gasteiger partial charge is 0.496 e. The number of ether oxygens (including phenoxy) is 3. The number of benzene rings is 1. The molecule has 3 N–H and O–H groups in total. The predicted molar refractivity (Wildman–Crippen MR) is 148 cm³/mol. The number of rotatable bonds is 11. The highest BCUT2D eigenvalue weighted by molar-refractivity contribution is 6.01. The van der Waals surface area contributed by atoms with Crippen LogP contribution in [-0.4, -0.2) is 57.6 Å². The SMILES string of the molecule is COc1cc(Nc2cc3cc(-c4cc(C)ncc4OCC(C)(C)O)ccn3n2)cc(OC(F)F)c1C(=O)NC1CC1. The molecule has 0 saturated heterocycles. The smallest absolute Gasteiger partial charge is 0.387 e. The van der Waals surface area contributed by atoms with Gasteiger partial charge in [-0.05, 0) is 57.4 Å². The Kier molecular flexibility index (Phi) is 7.68. The van der Waals surface area contributed by atoms with Crippen molar-refractivity contribution in [3.05, 3.63) is 60.0 Å². The summed E-state index contributed by atoms with van der Waals surface area (Å²) in [5, 5.41) is 20.5. The van der Waals surface area contributed by atoms with Gasteiger partial charge in [0.15, 0.2) is 5.82 Å². The molecule has 4 aromatic rings. The van der Waals surface area contributed by atoms with Crippen molar-refractivity contribution in [2.45, 2.75) is 51.9 Å². The zero-order valence-electron chi connectivity index (χ0n) is 23.1. The van der Waals surface area contributed by atoms with Crippen LogP contribution >= 0.6 is 0 Å². The first-order valence-electron chi connectivity index (χ1n) is 13.1. The maximum Gasteiger partial charge on any atom is 0.387 e. The Morgan fingerprint density at radius 2 is 1.93 bits per heavy atom. The van der Waals surface area contributed by atoms with Gasteiger partial charge in [-0.2, -0.15) is 13.9 Å². The van der Waals surface area contributed by atoms with E-state index in [1.54, 1.807) is 36.8 Å². The number of hydrogen-bond donors (Lipinski definition) is 3. The number of pyridine rings is 2. The first-order chi connectivity index (χ1) is 19.5. The summed E-state index contributed by atoms with van der Waals surface area (Å²) in [6.07, 6.45) is 5.09. The van der Waals surface area contributed by atoms with Crippen molar-refractivity contribution >= 4 is 22.9 Å². The van der Waals surface area contributed by atoms with Gasteiger partial charge in [0.25, 0.3) is 5.91 Å². The van der Waals surface area contributed by atoms with Crippen molar-refractivity contribution in [2.24, 2.45) is 0 Å². The van der Waals surface area contributed by atoms with Crippen LogP contribution in [0, 0.1) is 6.92 Å². The number of methoxy groups -OCH3 is 1. The zero-order chi connectivity index (χ0) is 29.3. The fourth-order valence-electron chi connectivity index (χ4n) is 4.23. The first-order valence-corrected chi connectivity index (χ1v) is 13.1. The average Bonchev–Trinajstić information content (AvgIpc) is 3.62. The molecule has 41 heavy (non-hydrogen) atoms. The van der Waals surface area contributed by atoms with Crippen LogP contribution in [-0.2, 0) is 0 Å². The van der Waals surface area contributed by atoms with Crippen LogP contribution in [0.25, 0.3) is 16.6 Å². The molecule has 0 spiro atoms. The Bertz CT molecular complexity index is 1580. The molecule has 3 aromatic heterocycles. The number of aromatic nitrogens is 3. The van der Waals surface area contributed by atoms with Crippen LogP contribution in [0.15, 0.2) is 48.8 Å². The molecule has 216 valence electrons. The van der Waals surface area contributed by atoms with Gasteiger partial charge in [0.05, 0.1) is 24.4 Å². The number of aliphatic hydroxyl groups is 1. The summed E-state index contributed by atoms with van der Waals surface area (Å²) in [4.78, 5) is 17.1. The molecule has 1 aromatic carbocycles. The number of nitrogens with zero attached hydrogens (tertiary/aromatic N) is 3. The third kappa shape index (κ3) is 6.83. The second-order valence-corrected chi connectivity index (χ2v) is 10.5. The molecule has 0 atom stereocenters. The molecule has 0 aliphatic heterocycles. The molecule has 3 heterocycles. The van der Waals surface area contributed by atoms with Gasteiger partial charge in [0.2, 0.25) is 0 Å². The summed E-state index contributed by atoms with van der Waals surface area (Å²) in [5.74, 6) is 0.194. The number of fused-ring (bicyclic) bond motifs is 1. The fraction of sp³-hybridized carbons (Fsp3) is 0.345. The molecular weight excluding hydrogens is 536 g/mol. The number of carbonyl (C=O) groups excluding carboxylic acids is 1.